The molecule has 0 bridgehead atoms. The van der Waals surface area contributed by atoms with Gasteiger partial charge in [0.2, 0.25) is 4.77 Å². The first kappa shape index (κ1) is 18.0. The van der Waals surface area contributed by atoms with Crippen LogP contribution in [0.2, 0.25) is 0 Å². The minimum Gasteiger partial charge on any atom is -0.488 e. The van der Waals surface area contributed by atoms with Crippen molar-refractivity contribution in [2.45, 2.75) is 13.5 Å². The fourth-order valence-electron chi connectivity index (χ4n) is 2.26. The Balaban J connectivity index is 1.74. The number of rotatable bonds is 5. The Hall–Kier alpha value is -2.76. The third-order valence-electron chi connectivity index (χ3n) is 3.61. The molecule has 0 amide bonds. The van der Waals surface area contributed by atoms with E-state index in [0.717, 1.165) is 15.6 Å². The predicted molar refractivity (Wildman–Crippen MR) is 105 cm³/mol. The number of aromatic amines is 1. The molecule has 0 unspecified atom stereocenters. The number of hydrogen-bond donors (Lipinski definition) is 1. The van der Waals surface area contributed by atoms with E-state index in [9.17, 15) is 0 Å². The van der Waals surface area contributed by atoms with Gasteiger partial charge in [0.1, 0.15) is 18.2 Å². The van der Waals surface area contributed by atoms with Crippen molar-refractivity contribution in [2.75, 3.05) is 0 Å². The van der Waals surface area contributed by atoms with Crippen LogP contribution in [0.1, 0.15) is 22.5 Å². The monoisotopic (exact) mass is 427 g/mol. The Kier molecular flexibility index (Phi) is 5.61. The highest BCUT2D eigenvalue weighted by molar-refractivity contribution is 9.10. The first-order chi connectivity index (χ1) is 12.6. The lowest BCUT2D eigenvalue weighted by atomic mass is 10.1. The predicted octanol–water partition coefficient (Wildman–Crippen LogP) is 4.34. The molecule has 1 aromatic heterocycles. The molecule has 0 radical (unpaired) electrons. The van der Waals surface area contributed by atoms with E-state index in [1.165, 1.54) is 0 Å². The molecule has 0 aliphatic rings. The van der Waals surface area contributed by atoms with Crippen LogP contribution in [0.3, 0.4) is 0 Å². The number of ether oxygens (including phenoxy) is 1. The van der Waals surface area contributed by atoms with Gasteiger partial charge in [-0.3, -0.25) is 5.10 Å². The Morgan fingerprint density at radius 3 is 2.88 bits per heavy atom. The van der Waals surface area contributed by atoms with Gasteiger partial charge in [-0.1, -0.05) is 18.2 Å². The molecule has 1 N–H and O–H groups in total. The number of nitrogens with one attached hydrogen (secondary N) is 1. The average Bonchev–Trinajstić information content (AvgIpc) is 2.97. The lowest BCUT2D eigenvalue weighted by molar-refractivity contribution is 0.304. The number of benzene rings is 2. The van der Waals surface area contributed by atoms with Crippen molar-refractivity contribution in [1.82, 2.24) is 14.9 Å². The molecule has 8 heteroatoms. The molecule has 2 aromatic carbocycles. The molecular weight excluding hydrogens is 414 g/mol. The normalized spacial score (nSPS) is 10.8. The van der Waals surface area contributed by atoms with Gasteiger partial charge in [-0.2, -0.15) is 20.1 Å². The van der Waals surface area contributed by atoms with Crippen molar-refractivity contribution >= 4 is 34.4 Å². The zero-order valence-electron chi connectivity index (χ0n) is 13.8. The molecule has 0 aliphatic heterocycles. The second kappa shape index (κ2) is 8.08. The van der Waals surface area contributed by atoms with Crippen LogP contribution in [0.25, 0.3) is 0 Å². The van der Waals surface area contributed by atoms with Crippen molar-refractivity contribution in [1.29, 1.82) is 5.26 Å². The molecule has 26 heavy (non-hydrogen) atoms. The van der Waals surface area contributed by atoms with E-state index in [0.29, 0.717) is 28.5 Å². The molecule has 0 fully saturated rings. The van der Waals surface area contributed by atoms with Gasteiger partial charge in [-0.25, -0.2) is 0 Å². The van der Waals surface area contributed by atoms with Crippen molar-refractivity contribution in [3.8, 4) is 11.8 Å². The molecule has 1 heterocycles. The third kappa shape index (κ3) is 4.07. The average molecular weight is 428 g/mol. The van der Waals surface area contributed by atoms with Crippen molar-refractivity contribution < 1.29 is 4.74 Å². The van der Waals surface area contributed by atoms with Crippen LogP contribution >= 0.6 is 28.1 Å². The maximum absolute atomic E-state index is 9.14. The van der Waals surface area contributed by atoms with Gasteiger partial charge >= 0.3 is 0 Å². The molecule has 0 spiro atoms. The summed E-state index contributed by atoms with van der Waals surface area (Å²) in [6.07, 6.45) is 1.69. The number of halogens is 1. The third-order valence-corrected chi connectivity index (χ3v) is 4.50. The van der Waals surface area contributed by atoms with E-state index < -0.39 is 0 Å². The van der Waals surface area contributed by atoms with Crippen LogP contribution in [0.4, 0.5) is 0 Å². The van der Waals surface area contributed by atoms with Crippen molar-refractivity contribution in [2.24, 2.45) is 5.10 Å². The van der Waals surface area contributed by atoms with Crippen LogP contribution in [-0.4, -0.2) is 21.1 Å². The molecule has 0 atom stereocenters. The van der Waals surface area contributed by atoms with Crippen LogP contribution in [0, 0.1) is 23.0 Å². The maximum atomic E-state index is 9.14. The summed E-state index contributed by atoms with van der Waals surface area (Å²) >= 11 is 8.62. The standard InChI is InChI=1S/C18H14BrN5OS/c1-12-22-23-18(26)24(12)21-10-13-6-7-17(16(19)8-13)25-11-15-5-3-2-4-14(15)9-20/h2-8,10H,11H2,1H3,(H,23,26)/b21-10-. The molecule has 0 saturated carbocycles. The highest BCUT2D eigenvalue weighted by atomic mass is 79.9. The second-order valence-electron chi connectivity index (χ2n) is 5.38. The Bertz CT molecular complexity index is 1060. The summed E-state index contributed by atoms with van der Waals surface area (Å²) in [7, 11) is 0. The lowest BCUT2D eigenvalue weighted by Gasteiger charge is -2.09. The zero-order chi connectivity index (χ0) is 18.5. The Labute approximate surface area is 163 Å². The summed E-state index contributed by atoms with van der Waals surface area (Å²) in [5.74, 6) is 1.37. The minimum atomic E-state index is 0.319. The first-order valence-electron chi connectivity index (χ1n) is 7.67. The van der Waals surface area contributed by atoms with E-state index in [4.69, 9.17) is 22.2 Å². The van der Waals surface area contributed by atoms with E-state index in [2.05, 4.69) is 37.3 Å². The molecule has 130 valence electrons. The lowest BCUT2D eigenvalue weighted by Crippen LogP contribution is -1.99. The SMILES string of the molecule is Cc1n[nH]c(=S)n1/N=C\c1ccc(OCc2ccccc2C#N)c(Br)c1. The smallest absolute Gasteiger partial charge is 0.216 e. The number of nitriles is 1. The van der Waals surface area contributed by atoms with Gasteiger partial charge in [-0.05, 0) is 64.9 Å². The molecule has 0 aliphatic carbocycles. The quantitative estimate of drug-likeness (QED) is 0.484. The van der Waals surface area contributed by atoms with E-state index >= 15 is 0 Å². The molecule has 3 aromatic rings. The number of hydrogen-bond acceptors (Lipinski definition) is 5. The van der Waals surface area contributed by atoms with Crippen molar-refractivity contribution in [3.63, 3.8) is 0 Å². The Morgan fingerprint density at radius 2 is 2.19 bits per heavy atom. The number of H-pyrrole nitrogens is 1. The van der Waals surface area contributed by atoms with Gasteiger partial charge in [-0.15, -0.1) is 0 Å². The highest BCUT2D eigenvalue weighted by Crippen LogP contribution is 2.26. The highest BCUT2D eigenvalue weighted by Gasteiger charge is 2.06. The maximum Gasteiger partial charge on any atom is 0.216 e. The molecule has 3 rings (SSSR count). The molecular formula is C18H14BrN5OS. The van der Waals surface area contributed by atoms with E-state index in [-0.39, 0.29) is 0 Å². The topological polar surface area (TPSA) is 79.0 Å². The Morgan fingerprint density at radius 1 is 1.38 bits per heavy atom. The van der Waals surface area contributed by atoms with Crippen LogP contribution in [0.15, 0.2) is 52.0 Å². The van der Waals surface area contributed by atoms with Gasteiger partial charge in [0.25, 0.3) is 0 Å². The summed E-state index contributed by atoms with van der Waals surface area (Å²) < 4.78 is 8.61. The summed E-state index contributed by atoms with van der Waals surface area (Å²) in [5.41, 5.74) is 2.33. The number of aryl methyl sites for hydroxylation is 1. The largest absolute Gasteiger partial charge is 0.488 e. The summed E-state index contributed by atoms with van der Waals surface area (Å²) in [6, 6.07) is 15.2. The second-order valence-corrected chi connectivity index (χ2v) is 6.62. The van der Waals surface area contributed by atoms with E-state index in [1.54, 1.807) is 17.0 Å². The van der Waals surface area contributed by atoms with Crippen molar-refractivity contribution in [3.05, 3.63) is 74.2 Å². The van der Waals surface area contributed by atoms with Gasteiger partial charge in [0.05, 0.1) is 22.3 Å². The van der Waals surface area contributed by atoms with Gasteiger partial charge in [0.15, 0.2) is 0 Å². The summed E-state index contributed by atoms with van der Waals surface area (Å²) in [5, 5.41) is 20.1. The fraction of sp³-hybridized carbons (Fsp3) is 0.111. The number of aromatic nitrogens is 3. The fourth-order valence-corrected chi connectivity index (χ4v) is 2.99. The first-order valence-corrected chi connectivity index (χ1v) is 8.87. The van der Waals surface area contributed by atoms with Crippen LogP contribution in [0.5, 0.6) is 5.75 Å². The molecule has 6 nitrogen and oxygen atoms in total. The van der Waals surface area contributed by atoms with E-state index in [1.807, 2.05) is 43.3 Å². The zero-order valence-corrected chi connectivity index (χ0v) is 16.2. The van der Waals surface area contributed by atoms with Crippen LogP contribution in [-0.2, 0) is 6.61 Å². The van der Waals surface area contributed by atoms with Gasteiger partial charge < -0.3 is 4.74 Å². The summed E-state index contributed by atoms with van der Waals surface area (Å²) in [6.45, 7) is 2.13. The van der Waals surface area contributed by atoms with Gasteiger partial charge in [0, 0.05) is 5.56 Å². The van der Waals surface area contributed by atoms with Crippen LogP contribution < -0.4 is 4.74 Å². The molecule has 0 saturated heterocycles. The summed E-state index contributed by atoms with van der Waals surface area (Å²) in [4.78, 5) is 0. The minimum absolute atomic E-state index is 0.319. The number of nitrogens with zero attached hydrogens (tertiary/aromatic N) is 4.